The SMILES string of the molecule is CC/C=C\C/C=C\C/C=C\C/C=C\C/C=C\C/C=C\CCCCCCCCC(=O)OC(CO)COC(=O)CCCCCCCCCCCC/C=C\C/C=C\C/C=C\CCCCCCC. The van der Waals surface area contributed by atoms with Gasteiger partial charge < -0.3 is 14.6 Å². The van der Waals surface area contributed by atoms with Crippen LogP contribution in [-0.4, -0.2) is 36.4 Å². The molecule has 0 aliphatic rings. The average Bonchev–Trinajstić information content (AvgIpc) is 3.30. The normalized spacial score (nSPS) is 13.1. The Kier molecular flexibility index (Phi) is 51.0. The van der Waals surface area contributed by atoms with Gasteiger partial charge in [0.2, 0.25) is 0 Å². The maximum Gasteiger partial charge on any atom is 0.306 e. The highest BCUT2D eigenvalue weighted by Crippen LogP contribution is 2.14. The van der Waals surface area contributed by atoms with E-state index in [1.165, 1.54) is 109 Å². The fourth-order valence-electron chi connectivity index (χ4n) is 7.09. The summed E-state index contributed by atoms with van der Waals surface area (Å²) in [7, 11) is 0. The van der Waals surface area contributed by atoms with E-state index in [2.05, 4.69) is 123 Å². The molecule has 0 spiro atoms. The molecule has 0 aliphatic heterocycles. The van der Waals surface area contributed by atoms with Gasteiger partial charge in [-0.15, -0.1) is 0 Å². The third-order valence-electron chi connectivity index (χ3n) is 11.1. The van der Waals surface area contributed by atoms with E-state index >= 15 is 0 Å². The van der Waals surface area contributed by atoms with Gasteiger partial charge in [0.15, 0.2) is 6.10 Å². The lowest BCUT2D eigenvalue weighted by molar-refractivity contribution is -0.161. The molecule has 0 aromatic carbocycles. The molecular formula is C59H98O5. The predicted molar refractivity (Wildman–Crippen MR) is 279 cm³/mol. The van der Waals surface area contributed by atoms with Crippen LogP contribution >= 0.6 is 0 Å². The molecule has 1 atom stereocenters. The number of esters is 2. The second kappa shape index (κ2) is 53.9. The molecule has 0 rings (SSSR count). The van der Waals surface area contributed by atoms with E-state index in [-0.39, 0.29) is 25.2 Å². The number of carbonyl (C=O) groups excluding carboxylic acids is 2. The largest absolute Gasteiger partial charge is 0.462 e. The van der Waals surface area contributed by atoms with Crippen molar-refractivity contribution in [3.8, 4) is 0 Å². The second-order valence-corrected chi connectivity index (χ2v) is 17.2. The maximum absolute atomic E-state index is 12.3. The van der Waals surface area contributed by atoms with E-state index < -0.39 is 6.10 Å². The Balaban J connectivity index is 3.59. The van der Waals surface area contributed by atoms with Gasteiger partial charge in [-0.2, -0.15) is 0 Å². The number of carbonyl (C=O) groups is 2. The molecule has 0 heterocycles. The van der Waals surface area contributed by atoms with Crippen molar-refractivity contribution in [2.75, 3.05) is 13.2 Å². The Bertz CT molecular complexity index is 1280. The Morgan fingerprint density at radius 2 is 0.672 bits per heavy atom. The van der Waals surface area contributed by atoms with Crippen LogP contribution in [0, 0.1) is 0 Å². The van der Waals surface area contributed by atoms with E-state index in [1.54, 1.807) is 0 Å². The minimum Gasteiger partial charge on any atom is -0.462 e. The van der Waals surface area contributed by atoms with Gasteiger partial charge in [0.25, 0.3) is 0 Å². The summed E-state index contributed by atoms with van der Waals surface area (Å²) >= 11 is 0. The topological polar surface area (TPSA) is 72.8 Å². The van der Waals surface area contributed by atoms with Crippen LogP contribution in [0.4, 0.5) is 0 Å². The molecule has 1 unspecified atom stereocenters. The van der Waals surface area contributed by atoms with Crippen molar-refractivity contribution < 1.29 is 24.2 Å². The fourth-order valence-corrected chi connectivity index (χ4v) is 7.09. The molecule has 0 saturated carbocycles. The molecule has 0 amide bonds. The maximum atomic E-state index is 12.3. The molecule has 0 bridgehead atoms. The first-order valence-corrected chi connectivity index (χ1v) is 26.4. The highest BCUT2D eigenvalue weighted by molar-refractivity contribution is 5.70. The van der Waals surface area contributed by atoms with E-state index in [4.69, 9.17) is 9.47 Å². The molecule has 364 valence electrons. The van der Waals surface area contributed by atoms with Crippen LogP contribution in [0.1, 0.15) is 232 Å². The lowest BCUT2D eigenvalue weighted by Gasteiger charge is -2.15. The van der Waals surface area contributed by atoms with E-state index in [1.807, 2.05) is 0 Å². The first kappa shape index (κ1) is 60.6. The lowest BCUT2D eigenvalue weighted by atomic mass is 10.1. The van der Waals surface area contributed by atoms with Crippen molar-refractivity contribution in [1.29, 1.82) is 0 Å². The minimum absolute atomic E-state index is 0.0804. The molecule has 0 saturated heterocycles. The molecule has 64 heavy (non-hydrogen) atoms. The third kappa shape index (κ3) is 51.2. The van der Waals surface area contributed by atoms with Gasteiger partial charge in [-0.05, 0) is 103 Å². The predicted octanol–water partition coefficient (Wildman–Crippen LogP) is 17.7. The van der Waals surface area contributed by atoms with E-state index in [0.29, 0.717) is 12.8 Å². The van der Waals surface area contributed by atoms with Crippen LogP contribution in [0.3, 0.4) is 0 Å². The van der Waals surface area contributed by atoms with Gasteiger partial charge in [0, 0.05) is 12.8 Å². The Labute approximate surface area is 395 Å². The standard InChI is InChI=1S/C59H98O5/c1-3-5-7-9-11-13-15-17-19-21-23-25-27-29-31-33-35-37-39-41-43-45-47-49-51-53-58(61)63-56-57(55-60)64-59(62)54-52-50-48-46-44-42-40-38-36-34-32-30-28-26-24-22-20-18-16-14-12-10-8-6-4-2/h6,8,12,14-15,17-18,20-21,23-24,26-27,29-30,32,36,38,57,60H,3-5,7,9-11,13,16,19,22,25,28,31,33-35,37,39-56H2,1-2H3/b8-6-,14-12-,17-15-,20-18-,23-21-,26-24-,29-27-,32-30-,38-36-. The quantitative estimate of drug-likeness (QED) is 0.0374. The highest BCUT2D eigenvalue weighted by atomic mass is 16.6. The molecule has 0 aliphatic carbocycles. The van der Waals surface area contributed by atoms with Crippen LogP contribution in [0.25, 0.3) is 0 Å². The monoisotopic (exact) mass is 887 g/mol. The smallest absolute Gasteiger partial charge is 0.306 e. The first-order chi connectivity index (χ1) is 31.6. The summed E-state index contributed by atoms with van der Waals surface area (Å²) in [5, 5.41) is 9.64. The number of aliphatic hydroxyl groups excluding tert-OH is 1. The van der Waals surface area contributed by atoms with Crippen molar-refractivity contribution in [3.05, 3.63) is 109 Å². The number of aliphatic hydroxyl groups is 1. The number of rotatable bonds is 47. The van der Waals surface area contributed by atoms with Gasteiger partial charge in [0.05, 0.1) is 6.61 Å². The Hall–Kier alpha value is -3.44. The first-order valence-electron chi connectivity index (χ1n) is 26.4. The Morgan fingerprint density at radius 3 is 1.02 bits per heavy atom. The van der Waals surface area contributed by atoms with Crippen molar-refractivity contribution in [2.45, 2.75) is 238 Å². The van der Waals surface area contributed by atoms with Crippen LogP contribution < -0.4 is 0 Å². The number of hydrogen-bond donors (Lipinski definition) is 1. The van der Waals surface area contributed by atoms with Crippen molar-refractivity contribution in [2.24, 2.45) is 0 Å². The summed E-state index contributed by atoms with van der Waals surface area (Å²) in [4.78, 5) is 24.5. The molecule has 0 aromatic rings. The van der Waals surface area contributed by atoms with Gasteiger partial charge in [-0.25, -0.2) is 0 Å². The molecule has 1 N–H and O–H groups in total. The lowest BCUT2D eigenvalue weighted by Crippen LogP contribution is -2.28. The number of hydrogen-bond acceptors (Lipinski definition) is 5. The van der Waals surface area contributed by atoms with Gasteiger partial charge in [0.1, 0.15) is 6.61 Å². The summed E-state index contributed by atoms with van der Waals surface area (Å²) < 4.78 is 10.7. The second-order valence-electron chi connectivity index (χ2n) is 17.2. The van der Waals surface area contributed by atoms with Crippen molar-refractivity contribution in [3.63, 3.8) is 0 Å². The van der Waals surface area contributed by atoms with Gasteiger partial charge in [-0.3, -0.25) is 9.59 Å². The van der Waals surface area contributed by atoms with E-state index in [9.17, 15) is 14.7 Å². The molecule has 0 fully saturated rings. The summed E-state index contributed by atoms with van der Waals surface area (Å²) in [5.41, 5.74) is 0. The number of ether oxygens (including phenoxy) is 2. The molecular weight excluding hydrogens is 789 g/mol. The van der Waals surface area contributed by atoms with Crippen LogP contribution in [0.2, 0.25) is 0 Å². The summed E-state index contributed by atoms with van der Waals surface area (Å²) in [6, 6.07) is 0. The van der Waals surface area contributed by atoms with Crippen LogP contribution in [0.5, 0.6) is 0 Å². The van der Waals surface area contributed by atoms with Gasteiger partial charge >= 0.3 is 11.9 Å². The zero-order valence-electron chi connectivity index (χ0n) is 41.5. The molecule has 5 heteroatoms. The minimum atomic E-state index is -0.790. The summed E-state index contributed by atoms with van der Waals surface area (Å²) in [6.07, 6.45) is 77.5. The molecule has 0 aromatic heterocycles. The van der Waals surface area contributed by atoms with Crippen LogP contribution in [-0.2, 0) is 19.1 Å². The van der Waals surface area contributed by atoms with Gasteiger partial charge in [-0.1, -0.05) is 226 Å². The van der Waals surface area contributed by atoms with Crippen molar-refractivity contribution >= 4 is 11.9 Å². The van der Waals surface area contributed by atoms with Crippen molar-refractivity contribution in [1.82, 2.24) is 0 Å². The molecule has 0 radical (unpaired) electrons. The summed E-state index contributed by atoms with van der Waals surface area (Å²) in [6.45, 7) is 4.00. The van der Waals surface area contributed by atoms with E-state index in [0.717, 1.165) is 96.3 Å². The molecule has 5 nitrogen and oxygen atoms in total. The zero-order chi connectivity index (χ0) is 46.3. The number of allylic oxidation sites excluding steroid dienone is 18. The zero-order valence-corrected chi connectivity index (χ0v) is 41.5. The summed E-state index contributed by atoms with van der Waals surface area (Å²) in [5.74, 6) is -0.616. The highest BCUT2D eigenvalue weighted by Gasteiger charge is 2.16. The number of unbranched alkanes of at least 4 members (excludes halogenated alkanes) is 21. The Morgan fingerprint density at radius 1 is 0.375 bits per heavy atom. The average molecular weight is 887 g/mol. The third-order valence-corrected chi connectivity index (χ3v) is 11.1. The fraction of sp³-hybridized carbons (Fsp3) is 0.661. The van der Waals surface area contributed by atoms with Crippen LogP contribution in [0.15, 0.2) is 109 Å².